The van der Waals surface area contributed by atoms with Crippen LogP contribution in [0.3, 0.4) is 0 Å². The Morgan fingerprint density at radius 1 is 0.944 bits per heavy atom. The van der Waals surface area contributed by atoms with Gasteiger partial charge in [0.2, 0.25) is 0 Å². The lowest BCUT2D eigenvalue weighted by molar-refractivity contribution is 0.822. The third kappa shape index (κ3) is 3.30. The van der Waals surface area contributed by atoms with E-state index in [4.69, 9.17) is 0 Å². The Balaban J connectivity index is 2.09. The summed E-state index contributed by atoms with van der Waals surface area (Å²) in [6.07, 6.45) is 0. The lowest BCUT2D eigenvalue weighted by Crippen LogP contribution is -2.30. The molecule has 1 atom stereocenters. The first kappa shape index (κ1) is 13.0. The van der Waals surface area contributed by atoms with Crippen LogP contribution in [0.4, 0.5) is 5.69 Å². The zero-order valence-corrected chi connectivity index (χ0v) is 11.7. The molecule has 0 spiro atoms. The molecule has 0 aromatic heterocycles. The Morgan fingerprint density at radius 2 is 1.50 bits per heavy atom. The number of rotatable bonds is 5. The first-order chi connectivity index (χ1) is 8.81. The Morgan fingerprint density at radius 3 is 2.06 bits per heavy atom. The second-order valence-electron chi connectivity index (χ2n) is 4.15. The van der Waals surface area contributed by atoms with Gasteiger partial charge in [-0.25, -0.2) is 0 Å². The van der Waals surface area contributed by atoms with Gasteiger partial charge in [0.1, 0.15) is 0 Å². The van der Waals surface area contributed by atoms with Gasteiger partial charge in [0.15, 0.2) is 0 Å². The summed E-state index contributed by atoms with van der Waals surface area (Å²) in [7, 11) is 0. The van der Waals surface area contributed by atoms with Crippen LogP contribution in [-0.4, -0.2) is 11.9 Å². The minimum absolute atomic E-state index is 0.430. The van der Waals surface area contributed by atoms with Gasteiger partial charge in [-0.05, 0) is 38.1 Å². The SMILES string of the molecule is CCN(c1ccccc1)C(C)Sc1ccccc1. The van der Waals surface area contributed by atoms with Gasteiger partial charge in [0.05, 0.1) is 5.37 Å². The zero-order valence-electron chi connectivity index (χ0n) is 10.9. The molecule has 2 rings (SSSR count). The summed E-state index contributed by atoms with van der Waals surface area (Å²) < 4.78 is 0. The monoisotopic (exact) mass is 257 g/mol. The van der Waals surface area contributed by atoms with Crippen molar-refractivity contribution in [3.63, 3.8) is 0 Å². The molecular weight excluding hydrogens is 238 g/mol. The molecule has 0 aliphatic heterocycles. The van der Waals surface area contributed by atoms with Crippen LogP contribution >= 0.6 is 11.8 Å². The van der Waals surface area contributed by atoms with Crippen LogP contribution in [0.5, 0.6) is 0 Å². The Hall–Kier alpha value is -1.41. The first-order valence-corrected chi connectivity index (χ1v) is 7.22. The smallest absolute Gasteiger partial charge is 0.0768 e. The molecule has 94 valence electrons. The van der Waals surface area contributed by atoms with Crippen LogP contribution in [-0.2, 0) is 0 Å². The highest BCUT2D eigenvalue weighted by Crippen LogP contribution is 2.28. The molecule has 0 bridgehead atoms. The van der Waals surface area contributed by atoms with E-state index in [1.807, 2.05) is 11.8 Å². The zero-order chi connectivity index (χ0) is 12.8. The molecule has 0 aliphatic rings. The maximum Gasteiger partial charge on any atom is 0.0768 e. The molecule has 18 heavy (non-hydrogen) atoms. The normalized spacial score (nSPS) is 12.1. The highest BCUT2D eigenvalue weighted by Gasteiger charge is 2.13. The summed E-state index contributed by atoms with van der Waals surface area (Å²) in [4.78, 5) is 3.73. The summed E-state index contributed by atoms with van der Waals surface area (Å²) in [5, 5.41) is 0.430. The number of thioether (sulfide) groups is 1. The quantitative estimate of drug-likeness (QED) is 0.566. The summed E-state index contributed by atoms with van der Waals surface area (Å²) >= 11 is 1.90. The average Bonchev–Trinajstić information content (AvgIpc) is 2.42. The second-order valence-corrected chi connectivity index (χ2v) is 5.54. The topological polar surface area (TPSA) is 3.24 Å². The highest BCUT2D eigenvalue weighted by atomic mass is 32.2. The van der Waals surface area contributed by atoms with Crippen molar-refractivity contribution in [2.45, 2.75) is 24.1 Å². The van der Waals surface area contributed by atoms with Crippen molar-refractivity contribution >= 4 is 17.4 Å². The molecule has 0 fully saturated rings. The van der Waals surface area contributed by atoms with Crippen LogP contribution in [0.25, 0.3) is 0 Å². The van der Waals surface area contributed by atoms with Crippen molar-refractivity contribution in [1.29, 1.82) is 0 Å². The van der Waals surface area contributed by atoms with Crippen molar-refractivity contribution in [2.75, 3.05) is 11.4 Å². The van der Waals surface area contributed by atoms with Crippen molar-refractivity contribution in [1.82, 2.24) is 0 Å². The highest BCUT2D eigenvalue weighted by molar-refractivity contribution is 8.00. The molecule has 2 aromatic rings. The Bertz CT molecular complexity index is 455. The predicted octanol–water partition coefficient (Wildman–Crippen LogP) is 4.65. The molecule has 0 saturated heterocycles. The molecular formula is C16H19NS. The molecule has 0 amide bonds. The van der Waals surface area contributed by atoms with E-state index in [-0.39, 0.29) is 0 Å². The molecule has 0 radical (unpaired) electrons. The van der Waals surface area contributed by atoms with E-state index in [0.717, 1.165) is 6.54 Å². The van der Waals surface area contributed by atoms with Crippen molar-refractivity contribution in [3.05, 3.63) is 60.7 Å². The second kappa shape index (κ2) is 6.50. The Kier molecular flexibility index (Phi) is 4.71. The average molecular weight is 257 g/mol. The molecule has 0 heterocycles. The number of hydrogen-bond acceptors (Lipinski definition) is 2. The summed E-state index contributed by atoms with van der Waals surface area (Å²) in [5.41, 5.74) is 1.29. The maximum atomic E-state index is 2.41. The minimum atomic E-state index is 0.430. The number of nitrogens with zero attached hydrogens (tertiary/aromatic N) is 1. The summed E-state index contributed by atoms with van der Waals surface area (Å²) in [5.74, 6) is 0. The van der Waals surface area contributed by atoms with Crippen molar-refractivity contribution in [2.24, 2.45) is 0 Å². The summed E-state index contributed by atoms with van der Waals surface area (Å²) in [6, 6.07) is 21.2. The number of benzene rings is 2. The fourth-order valence-corrected chi connectivity index (χ4v) is 3.13. The molecule has 0 saturated carbocycles. The van der Waals surface area contributed by atoms with E-state index >= 15 is 0 Å². The van der Waals surface area contributed by atoms with Gasteiger partial charge in [-0.1, -0.05) is 36.4 Å². The van der Waals surface area contributed by atoms with Gasteiger partial charge in [0, 0.05) is 17.1 Å². The largest absolute Gasteiger partial charge is 0.360 e. The number of anilines is 1. The molecule has 1 unspecified atom stereocenters. The van der Waals surface area contributed by atoms with Crippen LogP contribution in [0.1, 0.15) is 13.8 Å². The number of hydrogen-bond donors (Lipinski definition) is 0. The van der Waals surface area contributed by atoms with Crippen LogP contribution in [0.2, 0.25) is 0 Å². The predicted molar refractivity (Wildman–Crippen MR) is 81.2 cm³/mol. The van der Waals surface area contributed by atoms with Gasteiger partial charge < -0.3 is 4.90 Å². The van der Waals surface area contributed by atoms with Crippen LogP contribution in [0.15, 0.2) is 65.6 Å². The molecule has 0 N–H and O–H groups in total. The van der Waals surface area contributed by atoms with Gasteiger partial charge >= 0.3 is 0 Å². The van der Waals surface area contributed by atoms with Gasteiger partial charge in [-0.2, -0.15) is 0 Å². The molecule has 2 heteroatoms. The van der Waals surface area contributed by atoms with Crippen LogP contribution < -0.4 is 4.90 Å². The standard InChI is InChI=1S/C16H19NS/c1-3-17(15-10-6-4-7-11-15)14(2)18-16-12-8-5-9-13-16/h4-14H,3H2,1-2H3. The van der Waals surface area contributed by atoms with E-state index in [1.165, 1.54) is 10.6 Å². The third-order valence-corrected chi connectivity index (χ3v) is 4.06. The van der Waals surface area contributed by atoms with Gasteiger partial charge in [-0.15, -0.1) is 11.8 Å². The summed E-state index contributed by atoms with van der Waals surface area (Å²) in [6.45, 7) is 5.48. The Labute approximate surface area is 114 Å². The molecule has 0 aliphatic carbocycles. The fraction of sp³-hybridized carbons (Fsp3) is 0.250. The molecule has 1 nitrogen and oxygen atoms in total. The van der Waals surface area contributed by atoms with E-state index in [0.29, 0.717) is 5.37 Å². The van der Waals surface area contributed by atoms with E-state index < -0.39 is 0 Å². The molecule has 2 aromatic carbocycles. The third-order valence-electron chi connectivity index (χ3n) is 2.92. The van der Waals surface area contributed by atoms with Crippen LogP contribution in [0, 0.1) is 0 Å². The lowest BCUT2D eigenvalue weighted by Gasteiger charge is -2.29. The van der Waals surface area contributed by atoms with Crippen molar-refractivity contribution < 1.29 is 0 Å². The maximum absolute atomic E-state index is 2.41. The first-order valence-electron chi connectivity index (χ1n) is 6.34. The fourth-order valence-electron chi connectivity index (χ4n) is 2.03. The van der Waals surface area contributed by atoms with E-state index in [9.17, 15) is 0 Å². The van der Waals surface area contributed by atoms with Gasteiger partial charge in [0.25, 0.3) is 0 Å². The van der Waals surface area contributed by atoms with Crippen molar-refractivity contribution in [3.8, 4) is 0 Å². The minimum Gasteiger partial charge on any atom is -0.360 e. The lowest BCUT2D eigenvalue weighted by atomic mass is 10.3. The van der Waals surface area contributed by atoms with Gasteiger partial charge in [-0.3, -0.25) is 0 Å². The van der Waals surface area contributed by atoms with E-state index in [2.05, 4.69) is 79.4 Å². The number of para-hydroxylation sites is 1. The van der Waals surface area contributed by atoms with E-state index in [1.54, 1.807) is 0 Å².